The van der Waals surface area contributed by atoms with Crippen LogP contribution in [0.5, 0.6) is 0 Å². The number of aliphatic carboxylic acids is 1. The fraction of sp³-hybridized carbons (Fsp3) is 0.927. The van der Waals surface area contributed by atoms with Crippen molar-refractivity contribution in [1.29, 1.82) is 0 Å². The number of aliphatic hydroxyl groups is 6. The van der Waals surface area contributed by atoms with Gasteiger partial charge in [-0.3, -0.25) is 4.79 Å². The zero-order valence-corrected chi connectivity index (χ0v) is 32.7. The van der Waals surface area contributed by atoms with E-state index in [1.54, 1.807) is 0 Å². The Labute approximate surface area is 314 Å². The molecule has 7 aliphatic rings. The Kier molecular flexibility index (Phi) is 10.4. The lowest BCUT2D eigenvalue weighted by molar-refractivity contribution is -0.367. The Morgan fingerprint density at radius 1 is 0.830 bits per heavy atom. The molecule has 12 nitrogen and oxygen atoms in total. The van der Waals surface area contributed by atoms with Crippen LogP contribution in [0.15, 0.2) is 11.6 Å². The highest BCUT2D eigenvalue weighted by Crippen LogP contribution is 2.76. The molecule has 7 N–H and O–H groups in total. The lowest BCUT2D eigenvalue weighted by atomic mass is 9.33. The molecule has 0 aromatic carbocycles. The van der Waals surface area contributed by atoms with E-state index >= 15 is 0 Å². The van der Waals surface area contributed by atoms with Gasteiger partial charge in [-0.05, 0) is 109 Å². The Balaban J connectivity index is 1.13. The molecule has 0 amide bonds. The lowest BCUT2D eigenvalue weighted by Gasteiger charge is -2.71. The third kappa shape index (κ3) is 5.77. The van der Waals surface area contributed by atoms with Crippen molar-refractivity contribution in [2.75, 3.05) is 13.2 Å². The zero-order valence-electron chi connectivity index (χ0n) is 32.7. The second-order valence-corrected chi connectivity index (χ2v) is 19.7. The van der Waals surface area contributed by atoms with Gasteiger partial charge in [0.2, 0.25) is 0 Å². The van der Waals surface area contributed by atoms with Crippen molar-refractivity contribution in [2.45, 2.75) is 168 Å². The van der Waals surface area contributed by atoms with Crippen LogP contribution in [0.2, 0.25) is 0 Å². The minimum Gasteiger partial charge on any atom is -0.481 e. The molecular formula is C41H66O12. The quantitative estimate of drug-likeness (QED) is 0.155. The summed E-state index contributed by atoms with van der Waals surface area (Å²) in [5.41, 5.74) is 0.336. The van der Waals surface area contributed by atoms with Crippen LogP contribution in [-0.4, -0.2) is 116 Å². The van der Waals surface area contributed by atoms with Gasteiger partial charge in [0.25, 0.3) is 0 Å². The van der Waals surface area contributed by atoms with Crippen LogP contribution in [0.25, 0.3) is 0 Å². The van der Waals surface area contributed by atoms with Crippen molar-refractivity contribution in [3.8, 4) is 0 Å². The molecule has 2 aliphatic heterocycles. The molecule has 302 valence electrons. The second-order valence-electron chi connectivity index (χ2n) is 19.7. The van der Waals surface area contributed by atoms with Crippen molar-refractivity contribution in [3.05, 3.63) is 11.6 Å². The summed E-state index contributed by atoms with van der Waals surface area (Å²) in [4.78, 5) is 13.1. The van der Waals surface area contributed by atoms with Gasteiger partial charge in [-0.15, -0.1) is 0 Å². The van der Waals surface area contributed by atoms with Crippen LogP contribution in [0.4, 0.5) is 0 Å². The van der Waals surface area contributed by atoms with Gasteiger partial charge in [0.05, 0.1) is 24.7 Å². The third-order valence-corrected chi connectivity index (χ3v) is 17.2. The van der Waals surface area contributed by atoms with E-state index in [0.29, 0.717) is 23.7 Å². The topological polar surface area (TPSA) is 196 Å². The average Bonchev–Trinajstić information content (AvgIpc) is 3.10. The van der Waals surface area contributed by atoms with Crippen LogP contribution in [-0.2, 0) is 23.7 Å². The molecule has 0 radical (unpaired) electrons. The highest BCUT2D eigenvalue weighted by atomic mass is 16.8. The van der Waals surface area contributed by atoms with Crippen LogP contribution in [0.3, 0.4) is 0 Å². The van der Waals surface area contributed by atoms with E-state index in [4.69, 9.17) is 18.9 Å². The van der Waals surface area contributed by atoms with Crippen LogP contribution < -0.4 is 0 Å². The molecule has 19 atom stereocenters. The summed E-state index contributed by atoms with van der Waals surface area (Å²) >= 11 is 0. The van der Waals surface area contributed by atoms with Crippen molar-refractivity contribution in [1.82, 2.24) is 0 Å². The van der Waals surface area contributed by atoms with Gasteiger partial charge in [-0.2, -0.15) is 0 Å². The Bertz CT molecular complexity index is 1420. The highest BCUT2D eigenvalue weighted by Gasteiger charge is 2.70. The molecule has 6 fully saturated rings. The molecule has 19 unspecified atom stereocenters. The monoisotopic (exact) mass is 750 g/mol. The molecule has 0 spiro atoms. The molecule has 4 saturated carbocycles. The van der Waals surface area contributed by atoms with E-state index < -0.39 is 73.3 Å². The van der Waals surface area contributed by atoms with E-state index in [1.807, 2.05) is 0 Å². The van der Waals surface area contributed by atoms with E-state index in [9.17, 15) is 40.5 Å². The normalized spacial score (nSPS) is 55.1. The summed E-state index contributed by atoms with van der Waals surface area (Å²) in [6.45, 7) is 15.7. The van der Waals surface area contributed by atoms with E-state index in [2.05, 4.69) is 54.5 Å². The number of allylic oxidation sites excluding steroid dienone is 2. The molecule has 2 heterocycles. The van der Waals surface area contributed by atoms with Crippen LogP contribution >= 0.6 is 0 Å². The summed E-state index contributed by atoms with van der Waals surface area (Å²) in [5, 5.41) is 73.4. The fourth-order valence-corrected chi connectivity index (χ4v) is 13.6. The fourth-order valence-electron chi connectivity index (χ4n) is 13.6. The first-order valence-electron chi connectivity index (χ1n) is 20.3. The third-order valence-electron chi connectivity index (χ3n) is 17.2. The Morgan fingerprint density at radius 3 is 2.23 bits per heavy atom. The summed E-state index contributed by atoms with van der Waals surface area (Å²) < 4.78 is 24.3. The molecule has 53 heavy (non-hydrogen) atoms. The standard InChI is InChI=1S/C41H66O12/c1-20-10-15-41(36(48)49)17-16-39(6)22(28(41)21(20)2)8-9-26-38(5)13-12-27(37(3,4)25(38)11-14-40(26,39)7)52-35-33(29(44)23(43)19-50-35)53-34-32(47)31(46)30(45)24(18-42)51-34/h8,20-21,23-35,42-47H,9-19H2,1-7H3,(H,48,49). The summed E-state index contributed by atoms with van der Waals surface area (Å²) in [6, 6.07) is 0. The molecule has 0 aromatic rings. The number of hydrogen-bond acceptors (Lipinski definition) is 11. The summed E-state index contributed by atoms with van der Waals surface area (Å²) in [7, 11) is 0. The molecule has 7 rings (SSSR count). The van der Waals surface area contributed by atoms with Crippen LogP contribution in [0, 0.1) is 56.7 Å². The predicted octanol–water partition coefficient (Wildman–Crippen LogP) is 3.38. The largest absolute Gasteiger partial charge is 0.481 e. The number of fused-ring (bicyclic) bond motifs is 7. The van der Waals surface area contributed by atoms with Gasteiger partial charge >= 0.3 is 5.97 Å². The summed E-state index contributed by atoms with van der Waals surface area (Å²) in [5.74, 6) is 0.960. The minimum absolute atomic E-state index is 0.00818. The first kappa shape index (κ1) is 40.0. The number of carboxylic acid groups (broad SMARTS) is 1. The number of ether oxygens (including phenoxy) is 4. The van der Waals surface area contributed by atoms with Gasteiger partial charge < -0.3 is 54.7 Å². The van der Waals surface area contributed by atoms with E-state index in [1.165, 1.54) is 5.57 Å². The number of aliphatic hydroxyl groups excluding tert-OH is 6. The SMILES string of the molecule is CC1CCC2(C(=O)O)CCC3(C)C(=CCC4C5(C)CCC(OC6OCC(O)C(O)C6OC6OC(CO)C(O)C(O)C6O)C(C)(C)C5CCC43C)C2C1C. The summed E-state index contributed by atoms with van der Waals surface area (Å²) in [6.07, 6.45) is -2.66. The van der Waals surface area contributed by atoms with Crippen molar-refractivity contribution in [2.24, 2.45) is 56.7 Å². The van der Waals surface area contributed by atoms with Gasteiger partial charge in [0.15, 0.2) is 12.6 Å². The maximum Gasteiger partial charge on any atom is 0.310 e. The molecule has 12 heteroatoms. The van der Waals surface area contributed by atoms with Gasteiger partial charge in [0, 0.05) is 0 Å². The first-order valence-corrected chi connectivity index (χ1v) is 20.3. The average molecular weight is 751 g/mol. The Morgan fingerprint density at radius 2 is 1.55 bits per heavy atom. The second kappa shape index (κ2) is 13.7. The van der Waals surface area contributed by atoms with E-state index in [0.717, 1.165) is 57.8 Å². The number of rotatable bonds is 6. The predicted molar refractivity (Wildman–Crippen MR) is 192 cm³/mol. The molecule has 0 aromatic heterocycles. The molecule has 5 aliphatic carbocycles. The number of carbonyl (C=O) groups is 1. The first-order chi connectivity index (χ1) is 24.8. The lowest BCUT2D eigenvalue weighted by Crippen LogP contribution is -2.66. The van der Waals surface area contributed by atoms with Gasteiger partial charge in [-0.25, -0.2) is 0 Å². The van der Waals surface area contributed by atoms with Crippen molar-refractivity contribution < 1.29 is 59.5 Å². The van der Waals surface area contributed by atoms with E-state index in [-0.39, 0.29) is 40.3 Å². The number of carboxylic acids is 1. The minimum atomic E-state index is -1.69. The Hall–Kier alpha value is -1.19. The van der Waals surface area contributed by atoms with Gasteiger partial charge in [-0.1, -0.05) is 60.1 Å². The van der Waals surface area contributed by atoms with Crippen molar-refractivity contribution >= 4 is 5.97 Å². The highest BCUT2D eigenvalue weighted by molar-refractivity contribution is 5.76. The van der Waals surface area contributed by atoms with Crippen LogP contribution in [0.1, 0.15) is 106 Å². The van der Waals surface area contributed by atoms with Crippen molar-refractivity contribution in [3.63, 3.8) is 0 Å². The molecule has 0 bridgehead atoms. The maximum atomic E-state index is 13.1. The zero-order chi connectivity index (χ0) is 38.6. The maximum absolute atomic E-state index is 13.1. The molecular weight excluding hydrogens is 684 g/mol. The smallest absolute Gasteiger partial charge is 0.310 e. The molecule has 2 saturated heterocycles. The number of hydrogen-bond donors (Lipinski definition) is 7. The van der Waals surface area contributed by atoms with Gasteiger partial charge in [0.1, 0.15) is 42.7 Å².